The van der Waals surface area contributed by atoms with Gasteiger partial charge in [0.1, 0.15) is 0 Å². The van der Waals surface area contributed by atoms with E-state index in [4.69, 9.17) is 4.74 Å². The maximum absolute atomic E-state index is 11.2. The monoisotopic (exact) mass is 238 g/mol. The third-order valence-electron chi connectivity index (χ3n) is 3.53. The Bertz CT molecular complexity index is 281. The Morgan fingerprint density at radius 2 is 2.12 bits per heavy atom. The third-order valence-corrected chi connectivity index (χ3v) is 3.53. The van der Waals surface area contributed by atoms with Crippen LogP contribution in [-0.4, -0.2) is 12.6 Å². The van der Waals surface area contributed by atoms with Gasteiger partial charge in [-0.3, -0.25) is 0 Å². The van der Waals surface area contributed by atoms with Crippen molar-refractivity contribution in [3.05, 3.63) is 11.6 Å². The van der Waals surface area contributed by atoms with Crippen LogP contribution in [0.4, 0.5) is 0 Å². The van der Waals surface area contributed by atoms with Crippen LogP contribution in [0.1, 0.15) is 53.4 Å². The molecule has 0 saturated carbocycles. The second kappa shape index (κ2) is 6.83. The minimum Gasteiger partial charge on any atom is -0.462 e. The fraction of sp³-hybridized carbons (Fsp3) is 0.800. The molecular weight excluding hydrogens is 212 g/mol. The van der Waals surface area contributed by atoms with Gasteiger partial charge in [-0.25, -0.2) is 4.79 Å². The van der Waals surface area contributed by atoms with Gasteiger partial charge in [0.15, 0.2) is 0 Å². The highest BCUT2D eigenvalue weighted by Crippen LogP contribution is 2.25. The van der Waals surface area contributed by atoms with E-state index in [-0.39, 0.29) is 5.97 Å². The second-order valence-corrected chi connectivity index (χ2v) is 5.68. The zero-order valence-electron chi connectivity index (χ0n) is 11.7. The zero-order chi connectivity index (χ0) is 12.8. The third kappa shape index (κ3) is 4.93. The Morgan fingerprint density at radius 1 is 1.41 bits per heavy atom. The molecule has 0 aromatic rings. The summed E-state index contributed by atoms with van der Waals surface area (Å²) in [7, 11) is 0. The molecule has 0 aromatic heterocycles. The van der Waals surface area contributed by atoms with E-state index in [0.717, 1.165) is 17.9 Å². The van der Waals surface area contributed by atoms with E-state index in [1.54, 1.807) is 0 Å². The standard InChI is InChI=1S/C15H26O2/c1-5-6-11(2)7-12(3)8-14-9-13(4)15(16)17-10-14/h9,11-12,14H,5-8,10H2,1-4H3/t11-,12-,14?/m1/s1. The maximum Gasteiger partial charge on any atom is 0.333 e. The maximum atomic E-state index is 11.2. The van der Waals surface area contributed by atoms with Crippen LogP contribution < -0.4 is 0 Å². The fourth-order valence-corrected chi connectivity index (χ4v) is 2.81. The molecule has 17 heavy (non-hydrogen) atoms. The van der Waals surface area contributed by atoms with Gasteiger partial charge in [-0.05, 0) is 31.6 Å². The Balaban J connectivity index is 2.36. The molecule has 0 bridgehead atoms. The lowest BCUT2D eigenvalue weighted by Gasteiger charge is -2.24. The highest BCUT2D eigenvalue weighted by Gasteiger charge is 2.21. The molecule has 1 aliphatic rings. The largest absolute Gasteiger partial charge is 0.462 e. The van der Waals surface area contributed by atoms with Crippen molar-refractivity contribution in [2.75, 3.05) is 6.61 Å². The first-order valence-corrected chi connectivity index (χ1v) is 6.88. The molecule has 0 N–H and O–H groups in total. The molecule has 0 spiro atoms. The van der Waals surface area contributed by atoms with Crippen LogP contribution in [0.5, 0.6) is 0 Å². The van der Waals surface area contributed by atoms with Gasteiger partial charge in [0.05, 0.1) is 6.61 Å². The second-order valence-electron chi connectivity index (χ2n) is 5.68. The van der Waals surface area contributed by atoms with Crippen molar-refractivity contribution in [2.45, 2.75) is 53.4 Å². The highest BCUT2D eigenvalue weighted by molar-refractivity contribution is 5.88. The van der Waals surface area contributed by atoms with E-state index in [2.05, 4.69) is 26.8 Å². The smallest absolute Gasteiger partial charge is 0.333 e. The van der Waals surface area contributed by atoms with Crippen molar-refractivity contribution < 1.29 is 9.53 Å². The Labute approximate surface area is 105 Å². The fourth-order valence-electron chi connectivity index (χ4n) is 2.81. The van der Waals surface area contributed by atoms with Crippen LogP contribution in [0.2, 0.25) is 0 Å². The van der Waals surface area contributed by atoms with Crippen LogP contribution in [0.3, 0.4) is 0 Å². The predicted molar refractivity (Wildman–Crippen MR) is 70.7 cm³/mol. The lowest BCUT2D eigenvalue weighted by Crippen LogP contribution is -2.22. The molecule has 0 aromatic carbocycles. The Kier molecular flexibility index (Phi) is 5.73. The number of carbonyl (C=O) groups is 1. The molecule has 3 atom stereocenters. The van der Waals surface area contributed by atoms with Crippen LogP contribution in [0.15, 0.2) is 11.6 Å². The van der Waals surface area contributed by atoms with Crippen molar-refractivity contribution in [3.63, 3.8) is 0 Å². The van der Waals surface area contributed by atoms with Gasteiger partial charge in [-0.15, -0.1) is 0 Å². The van der Waals surface area contributed by atoms with E-state index >= 15 is 0 Å². The van der Waals surface area contributed by atoms with Gasteiger partial charge < -0.3 is 4.74 Å². The van der Waals surface area contributed by atoms with E-state index in [1.165, 1.54) is 19.3 Å². The Morgan fingerprint density at radius 3 is 2.71 bits per heavy atom. The van der Waals surface area contributed by atoms with Crippen molar-refractivity contribution in [1.29, 1.82) is 0 Å². The molecule has 2 heteroatoms. The topological polar surface area (TPSA) is 26.3 Å². The molecular formula is C15H26O2. The number of hydrogen-bond donors (Lipinski definition) is 0. The molecule has 0 aliphatic carbocycles. The van der Waals surface area contributed by atoms with Crippen LogP contribution in [0.25, 0.3) is 0 Å². The number of esters is 1. The van der Waals surface area contributed by atoms with Crippen LogP contribution in [0, 0.1) is 17.8 Å². The number of carbonyl (C=O) groups excluding carboxylic acids is 1. The minimum absolute atomic E-state index is 0.145. The van der Waals surface area contributed by atoms with Gasteiger partial charge in [0, 0.05) is 11.5 Å². The predicted octanol–water partition coefficient (Wildman–Crippen LogP) is 3.96. The quantitative estimate of drug-likeness (QED) is 0.655. The average molecular weight is 238 g/mol. The molecule has 1 aliphatic heterocycles. The van der Waals surface area contributed by atoms with Gasteiger partial charge in [-0.2, -0.15) is 0 Å². The molecule has 2 nitrogen and oxygen atoms in total. The van der Waals surface area contributed by atoms with Crippen LogP contribution >= 0.6 is 0 Å². The lowest BCUT2D eigenvalue weighted by molar-refractivity contribution is -0.141. The summed E-state index contributed by atoms with van der Waals surface area (Å²) in [6, 6.07) is 0. The molecule has 98 valence electrons. The van der Waals surface area contributed by atoms with Crippen molar-refractivity contribution in [2.24, 2.45) is 17.8 Å². The first kappa shape index (κ1) is 14.3. The van der Waals surface area contributed by atoms with Crippen molar-refractivity contribution in [3.8, 4) is 0 Å². The number of rotatable bonds is 6. The lowest BCUT2D eigenvalue weighted by atomic mass is 9.86. The van der Waals surface area contributed by atoms with Crippen molar-refractivity contribution in [1.82, 2.24) is 0 Å². The van der Waals surface area contributed by atoms with E-state index < -0.39 is 0 Å². The summed E-state index contributed by atoms with van der Waals surface area (Å²) >= 11 is 0. The number of ether oxygens (including phenoxy) is 1. The summed E-state index contributed by atoms with van der Waals surface area (Å²) in [6.07, 6.45) is 7.10. The summed E-state index contributed by atoms with van der Waals surface area (Å²) in [5, 5.41) is 0. The molecule has 0 fully saturated rings. The summed E-state index contributed by atoms with van der Waals surface area (Å²) in [5.41, 5.74) is 0.773. The first-order chi connectivity index (χ1) is 8.02. The minimum atomic E-state index is -0.145. The van der Waals surface area contributed by atoms with Crippen molar-refractivity contribution >= 4 is 5.97 Å². The molecule has 0 saturated heterocycles. The summed E-state index contributed by atoms with van der Waals surface area (Å²) in [5.74, 6) is 1.80. The number of cyclic esters (lactones) is 1. The molecule has 1 rings (SSSR count). The van der Waals surface area contributed by atoms with Gasteiger partial charge in [0.25, 0.3) is 0 Å². The van der Waals surface area contributed by atoms with Crippen LogP contribution in [-0.2, 0) is 9.53 Å². The summed E-state index contributed by atoms with van der Waals surface area (Å²) in [4.78, 5) is 11.2. The molecule has 0 amide bonds. The SMILES string of the molecule is CCC[C@@H](C)C[C@@H](C)CC1C=C(C)C(=O)OC1. The average Bonchev–Trinajstić information content (AvgIpc) is 2.23. The summed E-state index contributed by atoms with van der Waals surface area (Å²) in [6.45, 7) is 9.31. The van der Waals surface area contributed by atoms with Gasteiger partial charge >= 0.3 is 5.97 Å². The molecule has 1 unspecified atom stereocenters. The Hall–Kier alpha value is -0.790. The zero-order valence-corrected chi connectivity index (χ0v) is 11.7. The van der Waals surface area contributed by atoms with Gasteiger partial charge in [-0.1, -0.05) is 39.7 Å². The summed E-state index contributed by atoms with van der Waals surface area (Å²) < 4.78 is 5.15. The highest BCUT2D eigenvalue weighted by atomic mass is 16.5. The van der Waals surface area contributed by atoms with E-state index in [0.29, 0.717) is 18.4 Å². The number of hydrogen-bond acceptors (Lipinski definition) is 2. The normalized spacial score (nSPS) is 23.9. The molecule has 0 radical (unpaired) electrons. The van der Waals surface area contributed by atoms with E-state index in [9.17, 15) is 4.79 Å². The van der Waals surface area contributed by atoms with Gasteiger partial charge in [0.2, 0.25) is 0 Å². The first-order valence-electron chi connectivity index (χ1n) is 6.88. The van der Waals surface area contributed by atoms with E-state index in [1.807, 2.05) is 6.92 Å². The molecule has 1 heterocycles.